The van der Waals surface area contributed by atoms with Crippen molar-refractivity contribution in [2.75, 3.05) is 13.6 Å². The molecule has 0 bridgehead atoms. The lowest BCUT2D eigenvalue weighted by Crippen LogP contribution is -2.30. The van der Waals surface area contributed by atoms with Crippen LogP contribution in [0.4, 0.5) is 0 Å². The number of nitrogens with zero attached hydrogens (tertiary/aromatic N) is 5. The number of thiazole rings is 1. The van der Waals surface area contributed by atoms with Gasteiger partial charge in [-0.15, -0.1) is 11.3 Å². The minimum Gasteiger partial charge on any atom is -0.340 e. The van der Waals surface area contributed by atoms with Crippen LogP contribution in [-0.2, 0) is 26.6 Å². The zero-order chi connectivity index (χ0) is 21.1. The van der Waals surface area contributed by atoms with Crippen molar-refractivity contribution in [1.82, 2.24) is 29.4 Å². The van der Waals surface area contributed by atoms with E-state index >= 15 is 0 Å². The molecule has 0 fully saturated rings. The Hall–Kier alpha value is -2.97. The molecule has 0 saturated heterocycles. The standard InChI is InChI=1S/C22H26N6OS/c1-16-13-18(25-27(16)3)14-23-15-19-20(24-22-28(19)11-12-30-22)21(29)26(2)10-9-17-7-5-4-6-8-17/h4-8,11-13,23H,9-10,14-15H2,1-3H3. The summed E-state index contributed by atoms with van der Waals surface area (Å²) >= 11 is 1.53. The average molecular weight is 423 g/mol. The highest BCUT2D eigenvalue weighted by atomic mass is 32.1. The van der Waals surface area contributed by atoms with Gasteiger partial charge in [-0.25, -0.2) is 4.98 Å². The van der Waals surface area contributed by atoms with E-state index in [4.69, 9.17) is 0 Å². The number of carbonyl (C=O) groups is 1. The highest BCUT2D eigenvalue weighted by Gasteiger charge is 2.22. The van der Waals surface area contributed by atoms with Gasteiger partial charge in [0.05, 0.1) is 11.4 Å². The van der Waals surface area contributed by atoms with E-state index in [0.29, 0.717) is 25.3 Å². The first kappa shape index (κ1) is 20.3. The number of imidazole rings is 1. The fraction of sp³-hybridized carbons (Fsp3) is 0.318. The van der Waals surface area contributed by atoms with Gasteiger partial charge in [0.1, 0.15) is 0 Å². The molecule has 1 aromatic carbocycles. The van der Waals surface area contributed by atoms with E-state index in [2.05, 4.69) is 33.6 Å². The monoisotopic (exact) mass is 422 g/mol. The maximum Gasteiger partial charge on any atom is 0.274 e. The topological polar surface area (TPSA) is 67.5 Å². The molecule has 4 aromatic rings. The van der Waals surface area contributed by atoms with E-state index in [1.54, 1.807) is 4.90 Å². The number of fused-ring (bicyclic) bond motifs is 1. The van der Waals surface area contributed by atoms with Crippen molar-refractivity contribution < 1.29 is 4.79 Å². The molecule has 1 amide bonds. The van der Waals surface area contributed by atoms with Gasteiger partial charge in [-0.2, -0.15) is 5.10 Å². The molecule has 3 heterocycles. The van der Waals surface area contributed by atoms with Crippen LogP contribution in [0.25, 0.3) is 4.96 Å². The first-order valence-electron chi connectivity index (χ1n) is 9.97. The van der Waals surface area contributed by atoms with E-state index in [1.165, 1.54) is 16.9 Å². The Bertz CT molecular complexity index is 1120. The van der Waals surface area contributed by atoms with Gasteiger partial charge in [-0.1, -0.05) is 30.3 Å². The van der Waals surface area contributed by atoms with Crippen molar-refractivity contribution in [2.24, 2.45) is 7.05 Å². The van der Waals surface area contributed by atoms with E-state index in [0.717, 1.165) is 28.5 Å². The third kappa shape index (κ3) is 4.29. The third-order valence-electron chi connectivity index (χ3n) is 5.25. The largest absolute Gasteiger partial charge is 0.340 e. The molecule has 156 valence electrons. The maximum atomic E-state index is 13.1. The number of carbonyl (C=O) groups excluding carboxylic acids is 1. The summed E-state index contributed by atoms with van der Waals surface area (Å²) in [7, 11) is 3.78. The van der Waals surface area contributed by atoms with E-state index in [9.17, 15) is 4.79 Å². The van der Waals surface area contributed by atoms with Crippen LogP contribution in [0.1, 0.15) is 33.1 Å². The van der Waals surface area contributed by atoms with Gasteiger partial charge in [-0.05, 0) is 25.0 Å². The highest BCUT2D eigenvalue weighted by Crippen LogP contribution is 2.19. The Labute approximate surface area is 180 Å². The Balaban J connectivity index is 1.46. The summed E-state index contributed by atoms with van der Waals surface area (Å²) in [5.74, 6) is -0.0488. The van der Waals surface area contributed by atoms with Gasteiger partial charge in [0.25, 0.3) is 5.91 Å². The molecule has 8 heteroatoms. The number of rotatable bonds is 8. The molecule has 4 rings (SSSR count). The molecule has 0 aliphatic rings. The number of aromatic nitrogens is 4. The molecule has 0 saturated carbocycles. The van der Waals surface area contributed by atoms with Crippen LogP contribution in [0.5, 0.6) is 0 Å². The minimum absolute atomic E-state index is 0.0488. The quantitative estimate of drug-likeness (QED) is 0.474. The van der Waals surface area contributed by atoms with Crippen LogP contribution in [0.2, 0.25) is 0 Å². The second kappa shape index (κ2) is 8.81. The fourth-order valence-corrected chi connectivity index (χ4v) is 4.16. The zero-order valence-corrected chi connectivity index (χ0v) is 18.3. The molecule has 0 aliphatic heterocycles. The van der Waals surface area contributed by atoms with Crippen molar-refractivity contribution >= 4 is 22.2 Å². The second-order valence-corrected chi connectivity index (χ2v) is 8.30. The summed E-state index contributed by atoms with van der Waals surface area (Å²) in [5, 5.41) is 9.88. The molecule has 0 spiro atoms. The molecule has 1 N–H and O–H groups in total. The van der Waals surface area contributed by atoms with E-state index < -0.39 is 0 Å². The SMILES string of the molecule is Cc1cc(CNCc2c(C(=O)N(C)CCc3ccccc3)nc3sccn23)nn1C. The average Bonchev–Trinajstić information content (AvgIpc) is 3.42. The summed E-state index contributed by atoms with van der Waals surface area (Å²) in [6, 6.07) is 12.3. The van der Waals surface area contributed by atoms with Crippen LogP contribution in [0.15, 0.2) is 48.0 Å². The molecule has 30 heavy (non-hydrogen) atoms. The lowest BCUT2D eigenvalue weighted by Gasteiger charge is -2.17. The molecular formula is C22H26N6OS. The second-order valence-electron chi connectivity index (χ2n) is 7.43. The van der Waals surface area contributed by atoms with E-state index in [1.807, 2.05) is 59.9 Å². The van der Waals surface area contributed by atoms with Crippen LogP contribution < -0.4 is 5.32 Å². The zero-order valence-electron chi connectivity index (χ0n) is 17.5. The van der Waals surface area contributed by atoms with Crippen molar-refractivity contribution in [3.63, 3.8) is 0 Å². The van der Waals surface area contributed by atoms with Gasteiger partial charge in [0, 0.05) is 51.0 Å². The Kier molecular flexibility index (Phi) is 5.96. The molecule has 0 radical (unpaired) electrons. The molecule has 3 aromatic heterocycles. The van der Waals surface area contributed by atoms with Crippen LogP contribution in [0.3, 0.4) is 0 Å². The number of aryl methyl sites for hydroxylation is 2. The summed E-state index contributed by atoms with van der Waals surface area (Å²) in [4.78, 5) is 20.4. The first-order chi connectivity index (χ1) is 14.5. The van der Waals surface area contributed by atoms with Gasteiger partial charge in [-0.3, -0.25) is 13.9 Å². The summed E-state index contributed by atoms with van der Waals surface area (Å²) in [6.07, 6.45) is 2.79. The van der Waals surface area contributed by atoms with Crippen molar-refractivity contribution in [1.29, 1.82) is 0 Å². The molecule has 7 nitrogen and oxygen atoms in total. The summed E-state index contributed by atoms with van der Waals surface area (Å²) in [5.41, 5.74) is 4.72. The lowest BCUT2D eigenvalue weighted by molar-refractivity contribution is 0.0790. The number of amides is 1. The van der Waals surface area contributed by atoms with Gasteiger partial charge in [0.2, 0.25) is 0 Å². The van der Waals surface area contributed by atoms with Crippen LogP contribution in [-0.4, -0.2) is 43.6 Å². The number of benzene rings is 1. The maximum absolute atomic E-state index is 13.1. The van der Waals surface area contributed by atoms with Gasteiger partial charge in [0.15, 0.2) is 10.7 Å². The molecule has 0 aliphatic carbocycles. The Morgan fingerprint density at radius 1 is 1.23 bits per heavy atom. The van der Waals surface area contributed by atoms with Crippen molar-refractivity contribution in [3.8, 4) is 0 Å². The highest BCUT2D eigenvalue weighted by molar-refractivity contribution is 7.15. The molecule has 0 unspecified atom stereocenters. The van der Waals surface area contributed by atoms with E-state index in [-0.39, 0.29) is 5.91 Å². The number of hydrogen-bond donors (Lipinski definition) is 1. The Morgan fingerprint density at radius 3 is 2.77 bits per heavy atom. The number of likely N-dealkylation sites (N-methyl/N-ethyl adjacent to an activating group) is 1. The number of hydrogen-bond acceptors (Lipinski definition) is 5. The fourth-order valence-electron chi connectivity index (χ4n) is 3.43. The molecular weight excluding hydrogens is 396 g/mol. The summed E-state index contributed by atoms with van der Waals surface area (Å²) in [6.45, 7) is 3.86. The lowest BCUT2D eigenvalue weighted by atomic mass is 10.1. The van der Waals surface area contributed by atoms with Crippen LogP contribution >= 0.6 is 11.3 Å². The Morgan fingerprint density at radius 2 is 2.03 bits per heavy atom. The smallest absolute Gasteiger partial charge is 0.274 e. The normalized spacial score (nSPS) is 11.3. The summed E-state index contributed by atoms with van der Waals surface area (Å²) < 4.78 is 3.86. The molecule has 0 atom stereocenters. The minimum atomic E-state index is -0.0488. The van der Waals surface area contributed by atoms with Crippen molar-refractivity contribution in [3.05, 3.63) is 76.3 Å². The predicted octanol–water partition coefficient (Wildman–Crippen LogP) is 3.04. The number of nitrogens with one attached hydrogen (secondary N) is 1. The van der Waals surface area contributed by atoms with Gasteiger partial charge >= 0.3 is 0 Å². The first-order valence-corrected chi connectivity index (χ1v) is 10.8. The van der Waals surface area contributed by atoms with Crippen molar-refractivity contribution in [2.45, 2.75) is 26.4 Å². The van der Waals surface area contributed by atoms with Crippen LogP contribution in [0, 0.1) is 6.92 Å². The third-order valence-corrected chi connectivity index (χ3v) is 6.01. The van der Waals surface area contributed by atoms with Gasteiger partial charge < -0.3 is 10.2 Å². The predicted molar refractivity (Wildman–Crippen MR) is 119 cm³/mol.